The van der Waals surface area contributed by atoms with Crippen molar-refractivity contribution in [2.75, 3.05) is 12.8 Å². The Bertz CT molecular complexity index is 913. The second-order valence-corrected chi connectivity index (χ2v) is 6.15. The van der Waals surface area contributed by atoms with Gasteiger partial charge in [0.2, 0.25) is 11.8 Å². The van der Waals surface area contributed by atoms with Gasteiger partial charge in [0, 0.05) is 21.8 Å². The third-order valence-corrected chi connectivity index (χ3v) is 4.28. The average Bonchev–Trinajstić information content (AvgIpc) is 2.57. The maximum absolute atomic E-state index is 6.52. The second-order valence-electron chi connectivity index (χ2n) is 5.31. The van der Waals surface area contributed by atoms with Gasteiger partial charge in [0.1, 0.15) is 0 Å². The van der Waals surface area contributed by atoms with Crippen LogP contribution in [-0.4, -0.2) is 17.1 Å². The number of benzene rings is 2. The van der Waals surface area contributed by atoms with Gasteiger partial charge in [0.05, 0.1) is 12.7 Å². The molecule has 0 bridgehead atoms. The summed E-state index contributed by atoms with van der Waals surface area (Å²) in [4.78, 5) is 8.11. The molecule has 0 unspecified atom stereocenters. The van der Waals surface area contributed by atoms with E-state index in [0.29, 0.717) is 15.9 Å². The topological polar surface area (TPSA) is 61.0 Å². The number of methoxy groups -OCH3 is 1. The number of anilines is 1. The fourth-order valence-electron chi connectivity index (χ4n) is 2.52. The molecule has 0 radical (unpaired) electrons. The molecule has 0 saturated carbocycles. The summed E-state index contributed by atoms with van der Waals surface area (Å²) in [5.74, 6) is 0.568. The zero-order chi connectivity index (χ0) is 17.3. The van der Waals surface area contributed by atoms with Crippen molar-refractivity contribution in [3.05, 3.63) is 58.2 Å². The molecule has 1 aromatic heterocycles. The molecular formula is C18H15Cl2N3O. The van der Waals surface area contributed by atoms with Crippen LogP contribution in [0.15, 0.2) is 42.6 Å². The molecular weight excluding hydrogens is 345 g/mol. The zero-order valence-corrected chi connectivity index (χ0v) is 14.7. The van der Waals surface area contributed by atoms with Gasteiger partial charge in [-0.15, -0.1) is 0 Å². The van der Waals surface area contributed by atoms with E-state index in [1.165, 1.54) is 7.11 Å². The third kappa shape index (κ3) is 3.16. The Kier molecular flexibility index (Phi) is 4.60. The third-order valence-electron chi connectivity index (χ3n) is 3.74. The lowest BCUT2D eigenvalue weighted by Crippen LogP contribution is -1.99. The van der Waals surface area contributed by atoms with E-state index < -0.39 is 0 Å². The normalized spacial score (nSPS) is 10.7. The maximum atomic E-state index is 6.52. The molecule has 2 aromatic carbocycles. The standard InChI is InChI=1S/C18H15Cl2N3O/c1-10-3-5-12(19)8-14(10)13-6-4-11(7-16(13)20)15-9-22-18(21)23-17(15)24-2/h3-9H,1-2H3,(H2,21,22,23). The van der Waals surface area contributed by atoms with Gasteiger partial charge in [-0.2, -0.15) is 4.98 Å². The van der Waals surface area contributed by atoms with Crippen molar-refractivity contribution in [1.29, 1.82) is 0 Å². The first kappa shape index (κ1) is 16.6. The number of nitrogens with zero attached hydrogens (tertiary/aromatic N) is 2. The Labute approximate surface area is 150 Å². The lowest BCUT2D eigenvalue weighted by Gasteiger charge is -2.12. The van der Waals surface area contributed by atoms with Crippen molar-refractivity contribution in [2.24, 2.45) is 0 Å². The first-order valence-corrected chi connectivity index (χ1v) is 7.98. The van der Waals surface area contributed by atoms with Crippen molar-refractivity contribution in [2.45, 2.75) is 6.92 Å². The van der Waals surface area contributed by atoms with Crippen LogP contribution in [0.1, 0.15) is 5.56 Å². The van der Waals surface area contributed by atoms with Gasteiger partial charge in [-0.25, -0.2) is 4.98 Å². The molecule has 0 aliphatic heterocycles. The summed E-state index contributed by atoms with van der Waals surface area (Å²) in [7, 11) is 1.54. The molecule has 1 heterocycles. The maximum Gasteiger partial charge on any atom is 0.225 e. The Morgan fingerprint density at radius 3 is 2.50 bits per heavy atom. The largest absolute Gasteiger partial charge is 0.480 e. The van der Waals surface area contributed by atoms with Crippen LogP contribution in [0.5, 0.6) is 5.88 Å². The summed E-state index contributed by atoms with van der Waals surface area (Å²) in [6.45, 7) is 2.02. The van der Waals surface area contributed by atoms with Crippen molar-refractivity contribution in [1.82, 2.24) is 9.97 Å². The molecule has 0 spiro atoms. The van der Waals surface area contributed by atoms with Crippen molar-refractivity contribution in [3.8, 4) is 28.1 Å². The van der Waals surface area contributed by atoms with E-state index in [-0.39, 0.29) is 5.95 Å². The summed E-state index contributed by atoms with van der Waals surface area (Å²) in [6, 6.07) is 11.5. The van der Waals surface area contributed by atoms with Crippen LogP contribution in [0.4, 0.5) is 5.95 Å². The number of rotatable bonds is 3. The molecule has 0 fully saturated rings. The minimum Gasteiger partial charge on any atom is -0.480 e. The van der Waals surface area contributed by atoms with Crippen LogP contribution in [0, 0.1) is 6.92 Å². The van der Waals surface area contributed by atoms with E-state index in [0.717, 1.165) is 27.8 Å². The molecule has 6 heteroatoms. The first-order valence-electron chi connectivity index (χ1n) is 7.22. The second kappa shape index (κ2) is 6.67. The van der Waals surface area contributed by atoms with Gasteiger partial charge in [-0.1, -0.05) is 41.4 Å². The minimum absolute atomic E-state index is 0.160. The van der Waals surface area contributed by atoms with Gasteiger partial charge in [0.15, 0.2) is 0 Å². The molecule has 2 N–H and O–H groups in total. The highest BCUT2D eigenvalue weighted by Crippen LogP contribution is 2.36. The number of nitrogens with two attached hydrogens (primary N) is 1. The molecule has 3 aromatic rings. The Morgan fingerprint density at radius 2 is 1.79 bits per heavy atom. The SMILES string of the molecule is COc1nc(N)ncc1-c1ccc(-c2cc(Cl)ccc2C)c(Cl)c1. The van der Waals surface area contributed by atoms with Gasteiger partial charge in [0.25, 0.3) is 0 Å². The Balaban J connectivity index is 2.10. The van der Waals surface area contributed by atoms with Crippen LogP contribution >= 0.6 is 23.2 Å². The fraction of sp³-hybridized carbons (Fsp3) is 0.111. The van der Waals surface area contributed by atoms with Gasteiger partial charge >= 0.3 is 0 Å². The molecule has 0 saturated heterocycles. The first-order chi connectivity index (χ1) is 11.5. The molecule has 122 valence electrons. The number of nitrogen functional groups attached to an aromatic ring is 1. The van der Waals surface area contributed by atoms with E-state index in [1.54, 1.807) is 6.20 Å². The van der Waals surface area contributed by atoms with Crippen LogP contribution in [0.3, 0.4) is 0 Å². The molecule has 0 atom stereocenters. The van der Waals surface area contributed by atoms with Crippen LogP contribution in [-0.2, 0) is 0 Å². The average molecular weight is 360 g/mol. The van der Waals surface area contributed by atoms with E-state index >= 15 is 0 Å². The molecule has 24 heavy (non-hydrogen) atoms. The lowest BCUT2D eigenvalue weighted by molar-refractivity contribution is 0.399. The zero-order valence-electron chi connectivity index (χ0n) is 13.2. The van der Waals surface area contributed by atoms with E-state index in [2.05, 4.69) is 9.97 Å². The number of hydrogen-bond acceptors (Lipinski definition) is 4. The van der Waals surface area contributed by atoms with Crippen LogP contribution < -0.4 is 10.5 Å². The number of aryl methyl sites for hydroxylation is 1. The number of ether oxygens (including phenoxy) is 1. The summed E-state index contributed by atoms with van der Waals surface area (Å²) in [5.41, 5.74) is 10.2. The molecule has 3 rings (SSSR count). The van der Waals surface area contributed by atoms with E-state index in [9.17, 15) is 0 Å². The smallest absolute Gasteiger partial charge is 0.225 e. The summed E-state index contributed by atoms with van der Waals surface area (Å²) < 4.78 is 5.28. The highest BCUT2D eigenvalue weighted by Gasteiger charge is 2.13. The molecule has 0 aliphatic carbocycles. The monoisotopic (exact) mass is 359 g/mol. The predicted molar refractivity (Wildman–Crippen MR) is 98.6 cm³/mol. The van der Waals surface area contributed by atoms with Gasteiger partial charge in [-0.05, 0) is 41.8 Å². The van der Waals surface area contributed by atoms with Crippen LogP contribution in [0.25, 0.3) is 22.3 Å². The van der Waals surface area contributed by atoms with Crippen molar-refractivity contribution < 1.29 is 4.74 Å². The number of aromatic nitrogens is 2. The van der Waals surface area contributed by atoms with Crippen molar-refractivity contribution in [3.63, 3.8) is 0 Å². The predicted octanol–water partition coefficient (Wildman–Crippen LogP) is 5.02. The van der Waals surface area contributed by atoms with E-state index in [4.69, 9.17) is 33.7 Å². The van der Waals surface area contributed by atoms with Gasteiger partial charge in [-0.3, -0.25) is 0 Å². The highest BCUT2D eigenvalue weighted by atomic mass is 35.5. The molecule has 0 aliphatic rings. The lowest BCUT2D eigenvalue weighted by atomic mass is 9.98. The summed E-state index contributed by atoms with van der Waals surface area (Å²) >= 11 is 12.6. The minimum atomic E-state index is 0.160. The molecule has 4 nitrogen and oxygen atoms in total. The Morgan fingerprint density at radius 1 is 1.00 bits per heavy atom. The highest BCUT2D eigenvalue weighted by molar-refractivity contribution is 6.34. The van der Waals surface area contributed by atoms with Crippen LogP contribution in [0.2, 0.25) is 10.0 Å². The molecule has 0 amide bonds. The Hall–Kier alpha value is -2.30. The van der Waals surface area contributed by atoms with E-state index in [1.807, 2.05) is 43.3 Å². The summed E-state index contributed by atoms with van der Waals surface area (Å²) in [5, 5.41) is 1.28. The number of halogens is 2. The van der Waals surface area contributed by atoms with Crippen molar-refractivity contribution >= 4 is 29.2 Å². The number of hydrogen-bond donors (Lipinski definition) is 1. The summed E-state index contributed by atoms with van der Waals surface area (Å²) in [6.07, 6.45) is 1.62. The quantitative estimate of drug-likeness (QED) is 0.713. The van der Waals surface area contributed by atoms with Gasteiger partial charge < -0.3 is 10.5 Å². The fourth-order valence-corrected chi connectivity index (χ4v) is 2.97.